The normalized spacial score (nSPS) is 12.1. The van der Waals surface area contributed by atoms with Crippen LogP contribution in [0, 0.1) is 13.8 Å². The molecule has 0 atom stereocenters. The van der Waals surface area contributed by atoms with Gasteiger partial charge >= 0.3 is 6.36 Å². The molecule has 0 spiro atoms. The molecule has 0 saturated carbocycles. The van der Waals surface area contributed by atoms with E-state index >= 15 is 0 Å². The van der Waals surface area contributed by atoms with Gasteiger partial charge in [0.15, 0.2) is 0 Å². The van der Waals surface area contributed by atoms with Crippen LogP contribution in [0.5, 0.6) is 5.75 Å². The molecule has 5 nitrogen and oxygen atoms in total. The Labute approximate surface area is 112 Å². The number of alkyl halides is 3. The summed E-state index contributed by atoms with van der Waals surface area (Å²) in [5.41, 5.74) is 2.49. The Balaban J connectivity index is 2.11. The molecule has 2 rings (SSSR count). The van der Waals surface area contributed by atoms with Gasteiger partial charge in [0.1, 0.15) is 11.4 Å². The van der Waals surface area contributed by atoms with E-state index in [1.165, 1.54) is 24.3 Å². The summed E-state index contributed by atoms with van der Waals surface area (Å²) in [7, 11) is 0. The zero-order valence-electron chi connectivity index (χ0n) is 10.7. The summed E-state index contributed by atoms with van der Waals surface area (Å²) in [5, 5.41) is 14.7. The van der Waals surface area contributed by atoms with E-state index < -0.39 is 6.36 Å². The van der Waals surface area contributed by atoms with Crippen molar-refractivity contribution >= 4 is 11.4 Å². The average Bonchev–Trinajstić information content (AvgIpc) is 2.67. The van der Waals surface area contributed by atoms with E-state index in [9.17, 15) is 13.2 Å². The standard InChI is InChI=1S/C12H11F3N4O/c1-7-11(8(2)17-16-7)19-18-9-3-5-10(6-4-9)20-12(13,14)15/h3-6H,1-2H3,(H,16,17)/b19-18+. The van der Waals surface area contributed by atoms with Gasteiger partial charge in [0, 0.05) is 0 Å². The first kappa shape index (κ1) is 14.0. The predicted octanol–water partition coefficient (Wildman–Crippen LogP) is 4.34. The van der Waals surface area contributed by atoms with Crippen molar-refractivity contribution in [2.45, 2.75) is 20.2 Å². The van der Waals surface area contributed by atoms with Gasteiger partial charge in [-0.2, -0.15) is 10.2 Å². The molecule has 106 valence electrons. The van der Waals surface area contributed by atoms with Gasteiger partial charge in [0.2, 0.25) is 0 Å². The molecular weight excluding hydrogens is 273 g/mol. The minimum atomic E-state index is -4.70. The van der Waals surface area contributed by atoms with Crippen molar-refractivity contribution in [2.24, 2.45) is 10.2 Å². The Bertz CT molecular complexity index is 597. The van der Waals surface area contributed by atoms with Crippen LogP contribution in [0.2, 0.25) is 0 Å². The molecule has 0 fully saturated rings. The number of H-pyrrole nitrogens is 1. The smallest absolute Gasteiger partial charge is 0.406 e. The van der Waals surface area contributed by atoms with Crippen molar-refractivity contribution in [2.75, 3.05) is 0 Å². The summed E-state index contributed by atoms with van der Waals surface area (Å²) in [6.07, 6.45) is -4.70. The van der Waals surface area contributed by atoms with Crippen LogP contribution in [-0.4, -0.2) is 16.6 Å². The highest BCUT2D eigenvalue weighted by molar-refractivity contribution is 5.46. The Morgan fingerprint density at radius 3 is 2.25 bits per heavy atom. The topological polar surface area (TPSA) is 62.6 Å². The fraction of sp³-hybridized carbons (Fsp3) is 0.250. The van der Waals surface area contributed by atoms with E-state index in [1.54, 1.807) is 13.8 Å². The molecule has 1 heterocycles. The van der Waals surface area contributed by atoms with Gasteiger partial charge in [-0.3, -0.25) is 5.10 Å². The summed E-state index contributed by atoms with van der Waals surface area (Å²) < 4.78 is 39.7. The van der Waals surface area contributed by atoms with Gasteiger partial charge in [0.05, 0.1) is 17.1 Å². The number of benzene rings is 1. The highest BCUT2D eigenvalue weighted by Crippen LogP contribution is 2.27. The molecule has 0 bridgehead atoms. The van der Waals surface area contributed by atoms with Gasteiger partial charge in [-0.15, -0.1) is 18.3 Å². The predicted molar refractivity (Wildman–Crippen MR) is 65.4 cm³/mol. The first-order chi connectivity index (χ1) is 9.35. The molecule has 1 aromatic heterocycles. The number of aromatic amines is 1. The van der Waals surface area contributed by atoms with Gasteiger partial charge < -0.3 is 4.74 Å². The Kier molecular flexibility index (Phi) is 3.73. The number of halogens is 3. The molecule has 0 aliphatic rings. The van der Waals surface area contributed by atoms with Crippen LogP contribution in [0.15, 0.2) is 34.5 Å². The second-order valence-corrected chi connectivity index (χ2v) is 4.02. The van der Waals surface area contributed by atoms with Crippen LogP contribution in [0.1, 0.15) is 11.4 Å². The third-order valence-corrected chi connectivity index (χ3v) is 2.42. The van der Waals surface area contributed by atoms with Crippen molar-refractivity contribution in [3.05, 3.63) is 35.7 Å². The van der Waals surface area contributed by atoms with Crippen molar-refractivity contribution in [3.63, 3.8) is 0 Å². The Hall–Kier alpha value is -2.38. The number of nitrogens with one attached hydrogen (secondary N) is 1. The van der Waals surface area contributed by atoms with Crippen molar-refractivity contribution < 1.29 is 17.9 Å². The first-order valence-corrected chi connectivity index (χ1v) is 5.64. The number of hydrogen-bond acceptors (Lipinski definition) is 4. The van der Waals surface area contributed by atoms with Gasteiger partial charge in [0.25, 0.3) is 0 Å². The molecule has 0 unspecified atom stereocenters. The number of ether oxygens (including phenoxy) is 1. The SMILES string of the molecule is Cc1n[nH]c(C)c1/N=N/c1ccc(OC(F)(F)F)cc1. The Morgan fingerprint density at radius 1 is 1.10 bits per heavy atom. The highest BCUT2D eigenvalue weighted by Gasteiger charge is 2.30. The monoisotopic (exact) mass is 284 g/mol. The first-order valence-electron chi connectivity index (χ1n) is 5.64. The van der Waals surface area contributed by atoms with E-state index in [0.29, 0.717) is 17.1 Å². The quantitative estimate of drug-likeness (QED) is 0.852. The van der Waals surface area contributed by atoms with E-state index in [0.717, 1.165) is 5.69 Å². The van der Waals surface area contributed by atoms with Crippen LogP contribution in [0.25, 0.3) is 0 Å². The largest absolute Gasteiger partial charge is 0.573 e. The third kappa shape index (κ3) is 3.56. The van der Waals surface area contributed by atoms with Crippen LogP contribution in [-0.2, 0) is 0 Å². The Morgan fingerprint density at radius 2 is 1.75 bits per heavy atom. The lowest BCUT2D eigenvalue weighted by atomic mass is 10.3. The van der Waals surface area contributed by atoms with Crippen LogP contribution < -0.4 is 4.74 Å². The molecule has 2 aromatic rings. The summed E-state index contributed by atoms with van der Waals surface area (Å²) in [6, 6.07) is 5.12. The van der Waals surface area contributed by atoms with E-state index in [1.807, 2.05) is 0 Å². The second-order valence-electron chi connectivity index (χ2n) is 4.02. The number of rotatable bonds is 3. The lowest BCUT2D eigenvalue weighted by molar-refractivity contribution is -0.274. The fourth-order valence-electron chi connectivity index (χ4n) is 1.51. The molecule has 0 saturated heterocycles. The van der Waals surface area contributed by atoms with Crippen molar-refractivity contribution in [1.29, 1.82) is 0 Å². The second kappa shape index (κ2) is 5.32. The zero-order chi connectivity index (χ0) is 14.8. The van der Waals surface area contributed by atoms with E-state index in [2.05, 4.69) is 25.2 Å². The summed E-state index contributed by atoms with van der Waals surface area (Å²) >= 11 is 0. The highest BCUT2D eigenvalue weighted by atomic mass is 19.4. The summed E-state index contributed by atoms with van der Waals surface area (Å²) in [4.78, 5) is 0. The maximum Gasteiger partial charge on any atom is 0.573 e. The molecule has 1 aromatic carbocycles. The lowest BCUT2D eigenvalue weighted by Crippen LogP contribution is -2.16. The van der Waals surface area contributed by atoms with Crippen LogP contribution in [0.4, 0.5) is 24.5 Å². The molecule has 20 heavy (non-hydrogen) atoms. The molecule has 1 N–H and O–H groups in total. The van der Waals surface area contributed by atoms with Gasteiger partial charge in [-0.05, 0) is 38.1 Å². The molecule has 0 aliphatic carbocycles. The molecule has 8 heteroatoms. The minimum absolute atomic E-state index is 0.299. The van der Waals surface area contributed by atoms with E-state index in [4.69, 9.17) is 0 Å². The summed E-state index contributed by atoms with van der Waals surface area (Å²) in [6.45, 7) is 3.58. The number of aromatic nitrogens is 2. The lowest BCUT2D eigenvalue weighted by Gasteiger charge is -2.07. The average molecular weight is 284 g/mol. The molecular formula is C12H11F3N4O. The maximum atomic E-state index is 12.0. The number of aryl methyl sites for hydroxylation is 2. The molecule has 0 aliphatic heterocycles. The number of nitrogens with zero attached hydrogens (tertiary/aromatic N) is 3. The summed E-state index contributed by atoms with van der Waals surface area (Å²) in [5.74, 6) is -0.299. The van der Waals surface area contributed by atoms with E-state index in [-0.39, 0.29) is 5.75 Å². The molecule has 0 radical (unpaired) electrons. The fourth-order valence-corrected chi connectivity index (χ4v) is 1.51. The van der Waals surface area contributed by atoms with Crippen molar-refractivity contribution in [3.8, 4) is 5.75 Å². The number of hydrogen-bond donors (Lipinski definition) is 1. The van der Waals surface area contributed by atoms with Crippen molar-refractivity contribution in [1.82, 2.24) is 10.2 Å². The van der Waals surface area contributed by atoms with Crippen LogP contribution >= 0.6 is 0 Å². The van der Waals surface area contributed by atoms with Crippen LogP contribution in [0.3, 0.4) is 0 Å². The minimum Gasteiger partial charge on any atom is -0.406 e. The van der Waals surface area contributed by atoms with Gasteiger partial charge in [-0.1, -0.05) is 0 Å². The third-order valence-electron chi connectivity index (χ3n) is 2.42. The molecule has 0 amide bonds. The van der Waals surface area contributed by atoms with Gasteiger partial charge in [-0.25, -0.2) is 0 Å². The zero-order valence-corrected chi connectivity index (χ0v) is 10.7. The maximum absolute atomic E-state index is 12.0. The number of azo groups is 1.